The van der Waals surface area contributed by atoms with E-state index in [4.69, 9.17) is 14.2 Å². The van der Waals surface area contributed by atoms with Crippen molar-refractivity contribution in [1.29, 1.82) is 0 Å². The average Bonchev–Trinajstić information content (AvgIpc) is 3.19. The van der Waals surface area contributed by atoms with Crippen molar-refractivity contribution in [1.82, 2.24) is 0 Å². The SMILES string of the molecule is CCCCCCCC(=O)O[C@H](COC(=O)CCCCCCCCCCCCCCCCCC(C)C)COC(=O)CCCCCCCCCCCCCCCCC(C)C. The Bertz CT molecular complexity index is 885. The second kappa shape index (κ2) is 44.9. The minimum Gasteiger partial charge on any atom is -0.462 e. The van der Waals surface area contributed by atoms with Crippen LogP contribution >= 0.6 is 0 Å². The first-order valence-corrected chi connectivity index (χ1v) is 25.7. The van der Waals surface area contributed by atoms with E-state index in [1.165, 1.54) is 167 Å². The van der Waals surface area contributed by atoms with Crippen molar-refractivity contribution >= 4 is 17.9 Å². The van der Waals surface area contributed by atoms with E-state index < -0.39 is 6.10 Å². The van der Waals surface area contributed by atoms with E-state index in [1.807, 2.05) is 0 Å². The van der Waals surface area contributed by atoms with Gasteiger partial charge in [0.15, 0.2) is 6.10 Å². The van der Waals surface area contributed by atoms with Crippen molar-refractivity contribution in [3.8, 4) is 0 Å². The number of rotatable bonds is 46. The molecule has 6 heteroatoms. The summed E-state index contributed by atoms with van der Waals surface area (Å²) >= 11 is 0. The maximum Gasteiger partial charge on any atom is 0.306 e. The molecule has 0 spiro atoms. The summed E-state index contributed by atoms with van der Waals surface area (Å²) in [5, 5.41) is 0. The second-order valence-electron chi connectivity index (χ2n) is 18.8. The van der Waals surface area contributed by atoms with Gasteiger partial charge in [0.1, 0.15) is 13.2 Å². The molecule has 0 aliphatic heterocycles. The first kappa shape index (κ1) is 56.4. The Balaban J connectivity index is 4.05. The standard InChI is InChI=1S/C52H100O6/c1-6-7-8-30-39-44-52(55)58-49(46-57-51(54)43-38-34-29-25-21-17-13-12-15-19-23-27-32-36-41-48(4)5)45-56-50(53)42-37-33-28-24-20-16-11-9-10-14-18-22-26-31-35-40-47(2)3/h47-49H,6-46H2,1-5H3/t49-/m1/s1. The zero-order valence-corrected chi connectivity index (χ0v) is 39.7. The maximum atomic E-state index is 12.6. The topological polar surface area (TPSA) is 78.9 Å². The predicted octanol–water partition coefficient (Wildman–Crippen LogP) is 16.5. The summed E-state index contributed by atoms with van der Waals surface area (Å²) in [5.74, 6) is 0.831. The van der Waals surface area contributed by atoms with Gasteiger partial charge in [-0.2, -0.15) is 0 Å². The van der Waals surface area contributed by atoms with E-state index >= 15 is 0 Å². The zero-order valence-electron chi connectivity index (χ0n) is 39.7. The molecule has 0 aliphatic carbocycles. The molecule has 0 rings (SSSR count). The Morgan fingerprint density at radius 3 is 0.845 bits per heavy atom. The van der Waals surface area contributed by atoms with Crippen LogP contribution in [0.4, 0.5) is 0 Å². The molecular weight excluding hydrogens is 721 g/mol. The minimum absolute atomic E-state index is 0.0651. The summed E-state index contributed by atoms with van der Waals surface area (Å²) in [6, 6.07) is 0. The lowest BCUT2D eigenvalue weighted by atomic mass is 10.0. The lowest BCUT2D eigenvalue weighted by Gasteiger charge is -2.18. The molecule has 0 bridgehead atoms. The molecule has 0 radical (unpaired) electrons. The number of carbonyl (C=O) groups excluding carboxylic acids is 3. The molecule has 344 valence electrons. The molecular formula is C52H100O6. The Labute approximate surface area is 361 Å². The van der Waals surface area contributed by atoms with Gasteiger partial charge in [-0.25, -0.2) is 0 Å². The lowest BCUT2D eigenvalue weighted by Crippen LogP contribution is -2.30. The number of ether oxygens (including phenoxy) is 3. The van der Waals surface area contributed by atoms with Crippen LogP contribution in [0.15, 0.2) is 0 Å². The van der Waals surface area contributed by atoms with Crippen molar-refractivity contribution in [3.63, 3.8) is 0 Å². The van der Waals surface area contributed by atoms with Crippen LogP contribution in [0.5, 0.6) is 0 Å². The van der Waals surface area contributed by atoms with Crippen molar-refractivity contribution in [2.24, 2.45) is 11.8 Å². The van der Waals surface area contributed by atoms with Gasteiger partial charge < -0.3 is 14.2 Å². The number of carbonyl (C=O) groups is 3. The first-order valence-electron chi connectivity index (χ1n) is 25.7. The van der Waals surface area contributed by atoms with Crippen LogP contribution in [0.1, 0.15) is 285 Å². The largest absolute Gasteiger partial charge is 0.462 e. The van der Waals surface area contributed by atoms with Crippen LogP contribution < -0.4 is 0 Å². The molecule has 0 amide bonds. The number of hydrogen-bond acceptors (Lipinski definition) is 6. The van der Waals surface area contributed by atoms with E-state index in [1.54, 1.807) is 0 Å². The Hall–Kier alpha value is -1.59. The monoisotopic (exact) mass is 821 g/mol. The van der Waals surface area contributed by atoms with E-state index in [0.29, 0.717) is 19.3 Å². The van der Waals surface area contributed by atoms with E-state index in [9.17, 15) is 14.4 Å². The quantitative estimate of drug-likeness (QED) is 0.0346. The van der Waals surface area contributed by atoms with E-state index in [-0.39, 0.29) is 31.1 Å². The normalized spacial score (nSPS) is 12.1. The molecule has 0 aliphatic rings. The molecule has 1 atom stereocenters. The van der Waals surface area contributed by atoms with Gasteiger partial charge in [-0.15, -0.1) is 0 Å². The highest BCUT2D eigenvalue weighted by molar-refractivity contribution is 5.71. The predicted molar refractivity (Wildman–Crippen MR) is 247 cm³/mol. The Morgan fingerprint density at radius 1 is 0.328 bits per heavy atom. The second-order valence-corrected chi connectivity index (χ2v) is 18.8. The van der Waals surface area contributed by atoms with Crippen molar-refractivity contribution in [2.75, 3.05) is 13.2 Å². The summed E-state index contributed by atoms with van der Waals surface area (Å²) in [4.78, 5) is 37.6. The summed E-state index contributed by atoms with van der Waals surface area (Å²) in [6.45, 7) is 11.3. The van der Waals surface area contributed by atoms with Crippen LogP contribution in [0.25, 0.3) is 0 Å². The van der Waals surface area contributed by atoms with Crippen LogP contribution in [0.2, 0.25) is 0 Å². The fourth-order valence-corrected chi connectivity index (χ4v) is 7.81. The number of esters is 3. The summed E-state index contributed by atoms with van der Waals surface area (Å²) in [5.41, 5.74) is 0. The van der Waals surface area contributed by atoms with Crippen LogP contribution in [-0.2, 0) is 28.6 Å². The minimum atomic E-state index is -0.759. The number of hydrogen-bond donors (Lipinski definition) is 0. The van der Waals surface area contributed by atoms with Gasteiger partial charge in [0.05, 0.1) is 0 Å². The third-order valence-corrected chi connectivity index (χ3v) is 11.7. The van der Waals surface area contributed by atoms with Crippen molar-refractivity contribution in [3.05, 3.63) is 0 Å². The molecule has 0 saturated heterocycles. The molecule has 6 nitrogen and oxygen atoms in total. The van der Waals surface area contributed by atoms with Crippen LogP contribution in [-0.4, -0.2) is 37.2 Å². The molecule has 0 saturated carbocycles. The number of unbranched alkanes of at least 4 members (excludes halogenated alkanes) is 31. The fraction of sp³-hybridized carbons (Fsp3) is 0.942. The molecule has 0 aromatic carbocycles. The third-order valence-electron chi connectivity index (χ3n) is 11.7. The van der Waals surface area contributed by atoms with E-state index in [0.717, 1.165) is 76.0 Å². The Kier molecular flexibility index (Phi) is 43.7. The molecule has 0 N–H and O–H groups in total. The van der Waals surface area contributed by atoms with Gasteiger partial charge in [-0.3, -0.25) is 14.4 Å². The highest BCUT2D eigenvalue weighted by Gasteiger charge is 2.19. The van der Waals surface area contributed by atoms with E-state index in [2.05, 4.69) is 34.6 Å². The summed E-state index contributed by atoms with van der Waals surface area (Å²) < 4.78 is 16.7. The van der Waals surface area contributed by atoms with Gasteiger partial charge in [0, 0.05) is 19.3 Å². The molecule has 0 aromatic heterocycles. The third kappa shape index (κ3) is 45.5. The lowest BCUT2D eigenvalue weighted by molar-refractivity contribution is -0.167. The smallest absolute Gasteiger partial charge is 0.306 e. The van der Waals surface area contributed by atoms with Crippen molar-refractivity contribution < 1.29 is 28.6 Å². The van der Waals surface area contributed by atoms with Crippen LogP contribution in [0, 0.1) is 11.8 Å². The van der Waals surface area contributed by atoms with Gasteiger partial charge in [-0.05, 0) is 31.1 Å². The summed E-state index contributed by atoms with van der Waals surface area (Å²) in [7, 11) is 0. The molecule has 0 fully saturated rings. The van der Waals surface area contributed by atoms with Crippen molar-refractivity contribution in [2.45, 2.75) is 291 Å². The maximum absolute atomic E-state index is 12.6. The Morgan fingerprint density at radius 2 is 0.569 bits per heavy atom. The van der Waals surface area contributed by atoms with Gasteiger partial charge >= 0.3 is 17.9 Å². The van der Waals surface area contributed by atoms with Crippen LogP contribution in [0.3, 0.4) is 0 Å². The van der Waals surface area contributed by atoms with Gasteiger partial charge in [-0.1, -0.05) is 247 Å². The average molecular weight is 821 g/mol. The van der Waals surface area contributed by atoms with Gasteiger partial charge in [0.2, 0.25) is 0 Å². The summed E-state index contributed by atoms with van der Waals surface area (Å²) in [6.07, 6.45) is 45.5. The molecule has 0 aromatic rings. The van der Waals surface area contributed by atoms with Gasteiger partial charge in [0.25, 0.3) is 0 Å². The molecule has 0 unspecified atom stereocenters. The molecule has 0 heterocycles. The highest BCUT2D eigenvalue weighted by atomic mass is 16.6. The highest BCUT2D eigenvalue weighted by Crippen LogP contribution is 2.17. The molecule has 58 heavy (non-hydrogen) atoms. The zero-order chi connectivity index (χ0) is 42.6. The first-order chi connectivity index (χ1) is 28.2. The fourth-order valence-electron chi connectivity index (χ4n) is 7.81.